The number of rotatable bonds is 12. The van der Waals surface area contributed by atoms with Gasteiger partial charge in [-0.05, 0) is 55.3 Å². The van der Waals surface area contributed by atoms with Gasteiger partial charge in [0.15, 0.2) is 34.9 Å². The van der Waals surface area contributed by atoms with Gasteiger partial charge in [0.2, 0.25) is 5.95 Å². The number of anilines is 2. The van der Waals surface area contributed by atoms with Crippen LogP contribution in [0, 0.1) is 0 Å². The minimum atomic E-state index is -1.74. The first-order valence-electron chi connectivity index (χ1n) is 17.0. The molecule has 0 radical (unpaired) electrons. The Hall–Kier alpha value is -6.60. The molecule has 2 aromatic heterocycles. The van der Waals surface area contributed by atoms with E-state index in [0.717, 1.165) is 5.56 Å². The van der Waals surface area contributed by atoms with Crippen LogP contribution >= 0.6 is 0 Å². The quantitative estimate of drug-likeness (QED) is 0.118. The van der Waals surface area contributed by atoms with Gasteiger partial charge in [-0.15, -0.1) is 0 Å². The summed E-state index contributed by atoms with van der Waals surface area (Å²) in [5.41, 5.74) is 7.09. The smallest absolute Gasteiger partial charge is 0.338 e. The Labute approximate surface area is 304 Å². The molecule has 4 aromatic carbocycles. The van der Waals surface area contributed by atoms with Crippen molar-refractivity contribution < 1.29 is 33.3 Å². The Kier molecular flexibility index (Phi) is 10.1. The summed E-state index contributed by atoms with van der Waals surface area (Å²) < 4.78 is 26.3. The second kappa shape index (κ2) is 15.3. The summed E-state index contributed by atoms with van der Waals surface area (Å²) in [5, 5.41) is 3.31. The van der Waals surface area contributed by atoms with Gasteiger partial charge in [-0.1, -0.05) is 84.9 Å². The number of imidazole rings is 1. The molecule has 13 nitrogen and oxygen atoms in total. The summed E-state index contributed by atoms with van der Waals surface area (Å²) in [6.07, 6.45) is -1.44. The molecule has 3 N–H and O–H groups in total. The van der Waals surface area contributed by atoms with Gasteiger partial charge in [0, 0.05) is 6.54 Å². The van der Waals surface area contributed by atoms with Crippen LogP contribution < -0.4 is 11.1 Å². The molecule has 7 rings (SSSR count). The van der Waals surface area contributed by atoms with Crippen molar-refractivity contribution in [3.8, 4) is 0 Å². The Balaban J connectivity index is 1.27. The van der Waals surface area contributed by atoms with E-state index in [1.807, 2.05) is 30.3 Å². The highest BCUT2D eigenvalue weighted by Crippen LogP contribution is 2.45. The maximum Gasteiger partial charge on any atom is 0.338 e. The topological polar surface area (TPSA) is 170 Å². The molecular weight excluding hydrogens is 676 g/mol. The number of hydrogen-bond acceptors (Lipinski definition) is 12. The van der Waals surface area contributed by atoms with Crippen molar-refractivity contribution in [2.75, 3.05) is 24.2 Å². The van der Waals surface area contributed by atoms with Gasteiger partial charge in [-0.25, -0.2) is 19.4 Å². The lowest BCUT2D eigenvalue weighted by Crippen LogP contribution is -2.50. The molecule has 53 heavy (non-hydrogen) atoms. The third-order valence-corrected chi connectivity index (χ3v) is 8.89. The van der Waals surface area contributed by atoms with Crippen molar-refractivity contribution in [1.82, 2.24) is 19.5 Å². The molecule has 6 aromatic rings. The predicted molar refractivity (Wildman–Crippen MR) is 195 cm³/mol. The first-order chi connectivity index (χ1) is 25.8. The number of benzene rings is 4. The highest BCUT2D eigenvalue weighted by Gasteiger charge is 2.61. The Morgan fingerprint density at radius 1 is 0.792 bits per heavy atom. The molecule has 268 valence electrons. The average Bonchev–Trinajstić information content (AvgIpc) is 3.72. The van der Waals surface area contributed by atoms with E-state index in [2.05, 4.69) is 20.3 Å². The molecule has 0 saturated carbocycles. The molecule has 1 aliphatic rings. The van der Waals surface area contributed by atoms with Gasteiger partial charge in [0.1, 0.15) is 12.7 Å². The van der Waals surface area contributed by atoms with Gasteiger partial charge in [0.25, 0.3) is 0 Å². The maximum atomic E-state index is 13.8. The van der Waals surface area contributed by atoms with Crippen LogP contribution in [0.4, 0.5) is 11.8 Å². The standard InChI is InChI=1S/C40H36N6O7/c1-40(53-37(49)29-20-12-5-13-21-29)32(52-36(48)28-18-10-4-11-19-28)30(24-50-35(47)27-16-8-3-9-17-27)51-38(40)46-25-43-31-33(44-39(41)45-34(31)46)42-23-22-26-14-6-2-7-15-26/h2-21,25,30,32,38H,22-24H2,1H3,(H3,41,42,44,45)/t30-,32?,38-,40-/m1/s1. The maximum absolute atomic E-state index is 13.8. The number of fused-ring (bicyclic) bond motifs is 1. The molecule has 1 unspecified atom stereocenters. The average molecular weight is 713 g/mol. The zero-order chi connectivity index (χ0) is 36.8. The molecular formula is C40H36N6O7. The van der Waals surface area contributed by atoms with Crippen LogP contribution in [0.2, 0.25) is 0 Å². The first kappa shape index (κ1) is 34.8. The second-order valence-corrected chi connectivity index (χ2v) is 12.5. The summed E-state index contributed by atoms with van der Waals surface area (Å²) in [7, 11) is 0. The monoisotopic (exact) mass is 712 g/mol. The normalized spacial score (nSPS) is 19.4. The van der Waals surface area contributed by atoms with Gasteiger partial charge in [-0.2, -0.15) is 9.97 Å². The first-order valence-corrected chi connectivity index (χ1v) is 17.0. The summed E-state index contributed by atoms with van der Waals surface area (Å²) in [4.78, 5) is 54.1. The van der Waals surface area contributed by atoms with Crippen molar-refractivity contribution in [1.29, 1.82) is 0 Å². The van der Waals surface area contributed by atoms with E-state index in [1.54, 1.807) is 102 Å². The van der Waals surface area contributed by atoms with Crippen LogP contribution in [0.5, 0.6) is 0 Å². The summed E-state index contributed by atoms with van der Waals surface area (Å²) in [5.74, 6) is -1.67. The molecule has 0 spiro atoms. The number of hydrogen-bond donors (Lipinski definition) is 2. The van der Waals surface area contributed by atoms with Crippen molar-refractivity contribution in [2.45, 2.75) is 37.4 Å². The molecule has 1 saturated heterocycles. The summed E-state index contributed by atoms with van der Waals surface area (Å²) in [6, 6.07) is 35.2. The SMILES string of the molecule is C[C@@]1(OC(=O)c2ccccc2)C(OC(=O)c2ccccc2)[C@@H](COC(=O)c2ccccc2)O[C@H]1n1cnc2c(NCCc3ccccc3)nc(N)nc21. The highest BCUT2D eigenvalue weighted by atomic mass is 16.7. The number of esters is 3. The lowest BCUT2D eigenvalue weighted by atomic mass is 9.95. The van der Waals surface area contributed by atoms with Crippen LogP contribution in [-0.4, -0.2) is 68.4 Å². The van der Waals surface area contributed by atoms with Gasteiger partial charge >= 0.3 is 17.9 Å². The van der Waals surface area contributed by atoms with E-state index >= 15 is 0 Å². The molecule has 3 heterocycles. The van der Waals surface area contributed by atoms with Crippen molar-refractivity contribution >= 4 is 40.8 Å². The van der Waals surface area contributed by atoms with Crippen molar-refractivity contribution in [3.63, 3.8) is 0 Å². The number of nitrogens with one attached hydrogen (secondary N) is 1. The molecule has 0 amide bonds. The van der Waals surface area contributed by atoms with E-state index in [0.29, 0.717) is 29.9 Å². The van der Waals surface area contributed by atoms with E-state index in [-0.39, 0.29) is 29.3 Å². The van der Waals surface area contributed by atoms with Gasteiger partial charge < -0.3 is 30.0 Å². The van der Waals surface area contributed by atoms with E-state index in [9.17, 15) is 14.4 Å². The molecule has 1 fully saturated rings. The van der Waals surface area contributed by atoms with Crippen LogP contribution in [-0.2, 0) is 25.4 Å². The zero-order valence-electron chi connectivity index (χ0n) is 28.7. The largest absolute Gasteiger partial charge is 0.459 e. The summed E-state index contributed by atoms with van der Waals surface area (Å²) >= 11 is 0. The number of nitrogens with zero attached hydrogens (tertiary/aromatic N) is 4. The number of ether oxygens (including phenoxy) is 4. The second-order valence-electron chi connectivity index (χ2n) is 12.5. The molecule has 4 atom stereocenters. The minimum absolute atomic E-state index is 0.0390. The fourth-order valence-electron chi connectivity index (χ4n) is 6.26. The highest BCUT2D eigenvalue weighted by molar-refractivity contribution is 5.91. The Bertz CT molecular complexity index is 2200. The fourth-order valence-corrected chi connectivity index (χ4v) is 6.26. The van der Waals surface area contributed by atoms with E-state index in [1.165, 1.54) is 6.33 Å². The van der Waals surface area contributed by atoms with Gasteiger partial charge in [0.05, 0.1) is 23.0 Å². The number of carbonyl (C=O) groups excluding carboxylic acids is 3. The van der Waals surface area contributed by atoms with Crippen LogP contribution in [0.15, 0.2) is 128 Å². The van der Waals surface area contributed by atoms with Crippen LogP contribution in [0.25, 0.3) is 11.2 Å². The fraction of sp³-hybridized carbons (Fsp3) is 0.200. The third-order valence-electron chi connectivity index (χ3n) is 8.89. The molecule has 0 aliphatic carbocycles. The van der Waals surface area contributed by atoms with Crippen molar-refractivity contribution in [2.24, 2.45) is 0 Å². The number of nitrogen functional groups attached to an aromatic ring is 1. The molecule has 0 bridgehead atoms. The van der Waals surface area contributed by atoms with Crippen LogP contribution in [0.3, 0.4) is 0 Å². The number of nitrogens with two attached hydrogens (primary N) is 1. The van der Waals surface area contributed by atoms with Crippen molar-refractivity contribution in [3.05, 3.63) is 150 Å². The minimum Gasteiger partial charge on any atom is -0.459 e. The Morgan fingerprint density at radius 3 is 1.98 bits per heavy atom. The van der Waals surface area contributed by atoms with E-state index < -0.39 is 41.9 Å². The van der Waals surface area contributed by atoms with E-state index in [4.69, 9.17) is 24.7 Å². The summed E-state index contributed by atoms with van der Waals surface area (Å²) in [6.45, 7) is 1.77. The zero-order valence-corrected chi connectivity index (χ0v) is 28.7. The lowest BCUT2D eigenvalue weighted by Gasteiger charge is -2.34. The van der Waals surface area contributed by atoms with Gasteiger partial charge in [-0.3, -0.25) is 4.57 Å². The number of carbonyl (C=O) groups is 3. The lowest BCUT2D eigenvalue weighted by molar-refractivity contribution is -0.108. The Morgan fingerprint density at radius 2 is 1.36 bits per heavy atom. The molecule has 13 heteroatoms. The number of aromatic nitrogens is 4. The molecule has 1 aliphatic heterocycles. The third kappa shape index (κ3) is 7.55. The van der Waals surface area contributed by atoms with Crippen LogP contribution in [0.1, 0.15) is 49.8 Å². The predicted octanol–water partition coefficient (Wildman–Crippen LogP) is 5.66.